The summed E-state index contributed by atoms with van der Waals surface area (Å²) in [6.45, 7) is 7.02. The third kappa shape index (κ3) is 2.97. The van der Waals surface area contributed by atoms with Crippen LogP contribution in [0.1, 0.15) is 29.9 Å². The highest BCUT2D eigenvalue weighted by Crippen LogP contribution is 2.17. The van der Waals surface area contributed by atoms with E-state index in [4.69, 9.17) is 10.3 Å². The van der Waals surface area contributed by atoms with Crippen molar-refractivity contribution in [1.29, 1.82) is 0 Å². The number of piperidine rings is 1. The van der Waals surface area contributed by atoms with Gasteiger partial charge >= 0.3 is 0 Å². The molecule has 1 aromatic heterocycles. The van der Waals surface area contributed by atoms with Crippen molar-refractivity contribution in [1.82, 2.24) is 10.1 Å². The van der Waals surface area contributed by atoms with Crippen molar-refractivity contribution in [2.24, 2.45) is 5.73 Å². The Bertz CT molecular complexity index is 320. The van der Waals surface area contributed by atoms with E-state index in [0.717, 1.165) is 37.5 Å². The normalized spacial score (nSPS) is 21.8. The second kappa shape index (κ2) is 5.66. The molecule has 1 saturated heterocycles. The van der Waals surface area contributed by atoms with Gasteiger partial charge in [0.05, 0.1) is 5.69 Å². The zero-order valence-electron chi connectivity index (χ0n) is 9.90. The molecular formula is C11H20ClN3O. The number of hydrogen-bond acceptors (Lipinski definition) is 4. The molecule has 1 aliphatic heterocycles. The maximum atomic E-state index is 5.95. The van der Waals surface area contributed by atoms with E-state index in [-0.39, 0.29) is 12.4 Å². The first-order valence-corrected chi connectivity index (χ1v) is 5.56. The molecule has 0 saturated carbocycles. The maximum Gasteiger partial charge on any atom is 0.138 e. The molecule has 1 aromatic rings. The Balaban J connectivity index is 0.00000128. The van der Waals surface area contributed by atoms with Crippen LogP contribution in [0.25, 0.3) is 0 Å². The average Bonchev–Trinajstić information content (AvgIpc) is 2.50. The smallest absolute Gasteiger partial charge is 0.138 e. The van der Waals surface area contributed by atoms with Crippen LogP contribution >= 0.6 is 12.4 Å². The summed E-state index contributed by atoms with van der Waals surface area (Å²) >= 11 is 0. The predicted molar refractivity (Wildman–Crippen MR) is 65.7 cm³/mol. The summed E-state index contributed by atoms with van der Waals surface area (Å²) < 4.78 is 5.16. The lowest BCUT2D eigenvalue weighted by molar-refractivity contribution is 0.200. The van der Waals surface area contributed by atoms with Crippen LogP contribution in [0.3, 0.4) is 0 Å². The summed E-state index contributed by atoms with van der Waals surface area (Å²) in [7, 11) is 0. The Labute approximate surface area is 103 Å². The van der Waals surface area contributed by atoms with Gasteiger partial charge in [0.25, 0.3) is 0 Å². The number of halogens is 1. The summed E-state index contributed by atoms with van der Waals surface area (Å²) in [6, 6.07) is 0.333. The average molecular weight is 246 g/mol. The van der Waals surface area contributed by atoms with Gasteiger partial charge in [0.15, 0.2) is 0 Å². The van der Waals surface area contributed by atoms with Gasteiger partial charge in [0, 0.05) is 24.7 Å². The predicted octanol–water partition coefficient (Wildman–Crippen LogP) is 1.64. The fraction of sp³-hybridized carbons (Fsp3) is 0.727. The van der Waals surface area contributed by atoms with E-state index >= 15 is 0 Å². The van der Waals surface area contributed by atoms with Gasteiger partial charge in [-0.05, 0) is 33.2 Å². The van der Waals surface area contributed by atoms with E-state index in [9.17, 15) is 0 Å². The van der Waals surface area contributed by atoms with Crippen molar-refractivity contribution in [2.45, 2.75) is 39.3 Å². The molecule has 0 bridgehead atoms. The molecule has 4 nitrogen and oxygen atoms in total. The minimum absolute atomic E-state index is 0. The van der Waals surface area contributed by atoms with Crippen LogP contribution in [-0.2, 0) is 6.54 Å². The first-order valence-electron chi connectivity index (χ1n) is 5.56. The number of aryl methyl sites for hydroxylation is 2. The van der Waals surface area contributed by atoms with E-state index in [1.807, 2.05) is 13.8 Å². The lowest BCUT2D eigenvalue weighted by atomic mass is 10.1. The molecule has 1 atom stereocenters. The molecule has 1 unspecified atom stereocenters. The van der Waals surface area contributed by atoms with Crippen LogP contribution in [0.4, 0.5) is 0 Å². The van der Waals surface area contributed by atoms with Crippen molar-refractivity contribution in [3.8, 4) is 0 Å². The lowest BCUT2D eigenvalue weighted by Gasteiger charge is -2.30. The van der Waals surface area contributed by atoms with Crippen molar-refractivity contribution in [2.75, 3.05) is 13.1 Å². The summed E-state index contributed by atoms with van der Waals surface area (Å²) in [4.78, 5) is 2.39. The van der Waals surface area contributed by atoms with Crippen LogP contribution in [0.2, 0.25) is 0 Å². The van der Waals surface area contributed by atoms with E-state index in [1.54, 1.807) is 0 Å². The van der Waals surface area contributed by atoms with E-state index in [1.165, 1.54) is 12.0 Å². The highest BCUT2D eigenvalue weighted by atomic mass is 35.5. The summed E-state index contributed by atoms with van der Waals surface area (Å²) in [5.74, 6) is 0.937. The second-order valence-electron chi connectivity index (χ2n) is 4.44. The summed E-state index contributed by atoms with van der Waals surface area (Å²) in [5, 5.41) is 3.97. The van der Waals surface area contributed by atoms with Gasteiger partial charge in [0.2, 0.25) is 0 Å². The van der Waals surface area contributed by atoms with E-state index in [2.05, 4.69) is 10.1 Å². The number of aromatic nitrogens is 1. The molecule has 1 aliphatic rings. The van der Waals surface area contributed by atoms with Gasteiger partial charge < -0.3 is 10.3 Å². The maximum absolute atomic E-state index is 5.95. The molecule has 0 spiro atoms. The van der Waals surface area contributed by atoms with Gasteiger partial charge in [-0.15, -0.1) is 12.4 Å². The molecule has 0 radical (unpaired) electrons. The first kappa shape index (κ1) is 13.5. The molecule has 0 aromatic carbocycles. The molecule has 0 amide bonds. The Morgan fingerprint density at radius 1 is 1.50 bits per heavy atom. The van der Waals surface area contributed by atoms with Gasteiger partial charge in [-0.1, -0.05) is 5.16 Å². The van der Waals surface area contributed by atoms with E-state index < -0.39 is 0 Å². The van der Waals surface area contributed by atoms with Crippen molar-refractivity contribution >= 4 is 12.4 Å². The molecule has 2 rings (SSSR count). The number of likely N-dealkylation sites (tertiary alicyclic amines) is 1. The second-order valence-corrected chi connectivity index (χ2v) is 4.44. The van der Waals surface area contributed by atoms with Gasteiger partial charge in [-0.2, -0.15) is 0 Å². The quantitative estimate of drug-likeness (QED) is 0.861. The van der Waals surface area contributed by atoms with Crippen molar-refractivity contribution in [3.05, 3.63) is 17.0 Å². The minimum Gasteiger partial charge on any atom is -0.361 e. The summed E-state index contributed by atoms with van der Waals surface area (Å²) in [5.41, 5.74) is 8.18. The molecule has 16 heavy (non-hydrogen) atoms. The summed E-state index contributed by atoms with van der Waals surface area (Å²) in [6.07, 6.45) is 2.35. The standard InChI is InChI=1S/C11H19N3O.ClH/c1-8-11(9(2)15-13-8)7-14-5-3-4-10(12)6-14;/h10H,3-7,12H2,1-2H3;1H. The van der Waals surface area contributed by atoms with Gasteiger partial charge in [-0.3, -0.25) is 4.90 Å². The molecule has 1 fully saturated rings. The van der Waals surface area contributed by atoms with Crippen LogP contribution in [-0.4, -0.2) is 29.2 Å². The Morgan fingerprint density at radius 3 is 2.81 bits per heavy atom. The Morgan fingerprint density at radius 2 is 2.25 bits per heavy atom. The third-order valence-electron chi connectivity index (χ3n) is 3.10. The fourth-order valence-corrected chi connectivity index (χ4v) is 2.19. The fourth-order valence-electron chi connectivity index (χ4n) is 2.19. The molecule has 92 valence electrons. The highest BCUT2D eigenvalue weighted by Gasteiger charge is 2.19. The van der Waals surface area contributed by atoms with Crippen LogP contribution < -0.4 is 5.73 Å². The molecule has 2 heterocycles. The largest absolute Gasteiger partial charge is 0.361 e. The molecular weight excluding hydrogens is 226 g/mol. The topological polar surface area (TPSA) is 55.3 Å². The SMILES string of the molecule is Cc1noc(C)c1CN1CCCC(N)C1.Cl. The first-order chi connectivity index (χ1) is 7.16. The molecule has 0 aliphatic carbocycles. The zero-order chi connectivity index (χ0) is 10.8. The van der Waals surface area contributed by atoms with E-state index in [0.29, 0.717) is 6.04 Å². The highest BCUT2D eigenvalue weighted by molar-refractivity contribution is 5.85. The van der Waals surface area contributed by atoms with Gasteiger partial charge in [-0.25, -0.2) is 0 Å². The van der Waals surface area contributed by atoms with Gasteiger partial charge in [0.1, 0.15) is 5.76 Å². The van der Waals surface area contributed by atoms with Crippen LogP contribution in [0.5, 0.6) is 0 Å². The number of hydrogen-bond donors (Lipinski definition) is 1. The van der Waals surface area contributed by atoms with Crippen molar-refractivity contribution in [3.63, 3.8) is 0 Å². The Kier molecular flexibility index (Phi) is 4.77. The third-order valence-corrected chi connectivity index (χ3v) is 3.10. The zero-order valence-corrected chi connectivity index (χ0v) is 10.7. The Hall–Kier alpha value is -0.580. The van der Waals surface area contributed by atoms with Crippen LogP contribution in [0.15, 0.2) is 4.52 Å². The minimum atomic E-state index is 0. The number of nitrogens with zero attached hydrogens (tertiary/aromatic N) is 2. The van der Waals surface area contributed by atoms with Crippen molar-refractivity contribution < 1.29 is 4.52 Å². The molecule has 5 heteroatoms. The number of nitrogens with two attached hydrogens (primary N) is 1. The van der Waals surface area contributed by atoms with Crippen LogP contribution in [0, 0.1) is 13.8 Å². The lowest BCUT2D eigenvalue weighted by Crippen LogP contribution is -2.42. The monoisotopic (exact) mass is 245 g/mol. The molecule has 2 N–H and O–H groups in total. The number of rotatable bonds is 2.